The molecule has 6 heteroatoms. The van der Waals surface area contributed by atoms with E-state index in [4.69, 9.17) is 23.8 Å². The van der Waals surface area contributed by atoms with Crippen molar-refractivity contribution in [3.8, 4) is 0 Å². The van der Waals surface area contributed by atoms with Gasteiger partial charge in [-0.1, -0.05) is 42.0 Å². The highest BCUT2D eigenvalue weighted by Crippen LogP contribution is 2.29. The van der Waals surface area contributed by atoms with Gasteiger partial charge in [0.2, 0.25) is 5.76 Å². The lowest BCUT2D eigenvalue weighted by Gasteiger charge is -2.12. The lowest BCUT2D eigenvalue weighted by molar-refractivity contribution is -0.575. The zero-order chi connectivity index (χ0) is 18.7. The monoisotopic (exact) mass is 401 g/mol. The molecule has 2 aromatic heterocycles. The topological polar surface area (TPSA) is 36.1 Å². The van der Waals surface area contributed by atoms with Gasteiger partial charge < -0.3 is 10.4 Å². The van der Waals surface area contributed by atoms with E-state index < -0.39 is 0 Å². The van der Waals surface area contributed by atoms with E-state index in [1.165, 1.54) is 11.3 Å². The molecular weight excluding hydrogens is 384 g/mol. The van der Waals surface area contributed by atoms with Crippen molar-refractivity contribution in [1.29, 1.82) is 0 Å². The maximum Gasteiger partial charge on any atom is 0.289 e. The van der Waals surface area contributed by atoms with Gasteiger partial charge in [0, 0.05) is 17.8 Å². The SMILES string of the molecule is Cc1ccc(C)c(NC(=S)C(=C(O)c2ccc(Cl)s2)[n+]2ccccc2)c1. The summed E-state index contributed by atoms with van der Waals surface area (Å²) in [6.07, 6.45) is 3.69. The Labute approximate surface area is 167 Å². The first kappa shape index (κ1) is 18.6. The molecule has 0 saturated heterocycles. The Morgan fingerprint density at radius 1 is 1.12 bits per heavy atom. The number of thiocarbonyl (C=S) groups is 1. The number of nitrogens with zero attached hydrogens (tertiary/aromatic N) is 1. The predicted molar refractivity (Wildman–Crippen MR) is 114 cm³/mol. The highest BCUT2D eigenvalue weighted by atomic mass is 35.5. The Bertz CT molecular complexity index is 980. The molecule has 3 rings (SSSR count). The van der Waals surface area contributed by atoms with Crippen molar-refractivity contribution in [1.82, 2.24) is 0 Å². The molecule has 0 atom stereocenters. The van der Waals surface area contributed by atoms with Gasteiger partial charge in [-0.05, 0) is 43.2 Å². The molecule has 3 nitrogen and oxygen atoms in total. The van der Waals surface area contributed by atoms with Crippen molar-refractivity contribution in [2.24, 2.45) is 0 Å². The zero-order valence-corrected chi connectivity index (χ0v) is 16.8. The number of halogens is 1. The minimum Gasteiger partial charge on any atom is -0.501 e. The zero-order valence-electron chi connectivity index (χ0n) is 14.4. The molecule has 0 amide bonds. The van der Waals surface area contributed by atoms with Gasteiger partial charge in [0.25, 0.3) is 5.70 Å². The van der Waals surface area contributed by atoms with Crippen LogP contribution in [0.3, 0.4) is 0 Å². The summed E-state index contributed by atoms with van der Waals surface area (Å²) >= 11 is 13.0. The lowest BCUT2D eigenvalue weighted by atomic mass is 10.1. The van der Waals surface area contributed by atoms with Crippen LogP contribution in [0.2, 0.25) is 4.34 Å². The van der Waals surface area contributed by atoms with Gasteiger partial charge in [0.15, 0.2) is 17.4 Å². The summed E-state index contributed by atoms with van der Waals surface area (Å²) in [5, 5.41) is 14.2. The number of aliphatic hydroxyl groups is 1. The van der Waals surface area contributed by atoms with Gasteiger partial charge in [-0.3, -0.25) is 0 Å². The lowest BCUT2D eigenvalue weighted by Crippen LogP contribution is -2.38. The number of benzene rings is 1. The van der Waals surface area contributed by atoms with E-state index in [9.17, 15) is 5.11 Å². The molecule has 0 unspecified atom stereocenters. The van der Waals surface area contributed by atoms with E-state index >= 15 is 0 Å². The number of aryl methyl sites for hydroxylation is 2. The number of nitrogens with one attached hydrogen (secondary N) is 1. The van der Waals surface area contributed by atoms with Crippen molar-refractivity contribution in [3.63, 3.8) is 0 Å². The van der Waals surface area contributed by atoms with Crippen LogP contribution >= 0.6 is 35.2 Å². The minimum absolute atomic E-state index is 0.0842. The molecule has 26 heavy (non-hydrogen) atoms. The summed E-state index contributed by atoms with van der Waals surface area (Å²) in [5.41, 5.74) is 3.63. The molecule has 2 N–H and O–H groups in total. The summed E-state index contributed by atoms with van der Waals surface area (Å²) in [7, 11) is 0. The molecule has 0 aliphatic rings. The molecular formula is C20H18ClN2OS2+. The molecule has 0 aliphatic heterocycles. The Morgan fingerprint density at radius 3 is 2.50 bits per heavy atom. The molecule has 0 bridgehead atoms. The number of thiophene rings is 1. The summed E-state index contributed by atoms with van der Waals surface area (Å²) in [6, 6.07) is 15.3. The summed E-state index contributed by atoms with van der Waals surface area (Å²) < 4.78 is 2.40. The molecule has 0 fully saturated rings. The Morgan fingerprint density at radius 2 is 1.85 bits per heavy atom. The molecule has 132 valence electrons. The third-order valence-corrected chi connectivity index (χ3v) is 5.39. The second-order valence-electron chi connectivity index (χ2n) is 5.86. The summed E-state index contributed by atoms with van der Waals surface area (Å²) in [4.78, 5) is 1.09. The van der Waals surface area contributed by atoms with Gasteiger partial charge in [-0.2, -0.15) is 4.57 Å². The highest BCUT2D eigenvalue weighted by Gasteiger charge is 2.24. The van der Waals surface area contributed by atoms with E-state index in [0.29, 0.717) is 19.9 Å². The Kier molecular flexibility index (Phi) is 5.71. The van der Waals surface area contributed by atoms with Crippen LogP contribution in [0, 0.1) is 13.8 Å². The molecule has 0 saturated carbocycles. The fourth-order valence-electron chi connectivity index (χ4n) is 2.51. The summed E-state index contributed by atoms with van der Waals surface area (Å²) in [6.45, 7) is 4.05. The van der Waals surface area contributed by atoms with Crippen LogP contribution in [0.1, 0.15) is 16.0 Å². The standard InChI is InChI=1S/C20H17ClN2OS2/c1-13-6-7-14(2)15(12-13)22-20(25)18(23-10-4-3-5-11-23)19(24)16-8-9-17(21)26-16/h3-12H,1-2H3,(H-,22,24,25)/p+1. The van der Waals surface area contributed by atoms with Crippen LogP contribution in [-0.2, 0) is 0 Å². The van der Waals surface area contributed by atoms with Gasteiger partial charge >= 0.3 is 0 Å². The minimum atomic E-state index is 0.0842. The van der Waals surface area contributed by atoms with Crippen molar-refractivity contribution >= 4 is 57.3 Å². The third kappa shape index (κ3) is 4.12. The molecule has 2 heterocycles. The van der Waals surface area contributed by atoms with Crippen molar-refractivity contribution in [3.05, 3.63) is 81.3 Å². The van der Waals surface area contributed by atoms with Crippen LogP contribution < -0.4 is 9.88 Å². The van der Waals surface area contributed by atoms with Crippen LogP contribution in [0.25, 0.3) is 11.5 Å². The second-order valence-corrected chi connectivity index (χ2v) is 7.98. The predicted octanol–water partition coefficient (Wildman–Crippen LogP) is 5.63. The maximum absolute atomic E-state index is 10.9. The fourth-order valence-corrected chi connectivity index (χ4v) is 3.81. The van der Waals surface area contributed by atoms with Gasteiger partial charge in [-0.25, -0.2) is 0 Å². The average molecular weight is 402 g/mol. The van der Waals surface area contributed by atoms with E-state index in [1.807, 2.05) is 56.6 Å². The first-order chi connectivity index (χ1) is 12.5. The number of hydrogen-bond acceptors (Lipinski definition) is 3. The Balaban J connectivity index is 2.06. The number of hydrogen-bond donors (Lipinski definition) is 2. The smallest absolute Gasteiger partial charge is 0.289 e. The van der Waals surface area contributed by atoms with E-state index in [0.717, 1.165) is 16.8 Å². The molecule has 0 radical (unpaired) electrons. The van der Waals surface area contributed by atoms with Crippen LogP contribution in [0.15, 0.2) is 60.9 Å². The number of rotatable bonds is 4. The first-order valence-electron chi connectivity index (χ1n) is 8.00. The molecule has 3 aromatic rings. The third-order valence-electron chi connectivity index (χ3n) is 3.86. The van der Waals surface area contributed by atoms with E-state index in [1.54, 1.807) is 16.7 Å². The van der Waals surface area contributed by atoms with Crippen LogP contribution in [0.5, 0.6) is 0 Å². The van der Waals surface area contributed by atoms with Gasteiger partial charge in [-0.15, -0.1) is 11.3 Å². The largest absolute Gasteiger partial charge is 0.501 e. The van der Waals surface area contributed by atoms with Crippen LogP contribution in [0.4, 0.5) is 5.69 Å². The summed E-state index contributed by atoms with van der Waals surface area (Å²) in [5.74, 6) is 0.0842. The fraction of sp³-hybridized carbons (Fsp3) is 0.100. The normalized spacial score (nSPS) is 11.8. The van der Waals surface area contributed by atoms with E-state index in [-0.39, 0.29) is 5.76 Å². The van der Waals surface area contributed by atoms with Crippen molar-refractivity contribution < 1.29 is 9.67 Å². The number of aliphatic hydroxyl groups excluding tert-OH is 1. The van der Waals surface area contributed by atoms with Crippen molar-refractivity contribution in [2.45, 2.75) is 13.8 Å². The van der Waals surface area contributed by atoms with Gasteiger partial charge in [0.1, 0.15) is 0 Å². The number of aromatic nitrogens is 1. The van der Waals surface area contributed by atoms with E-state index in [2.05, 4.69) is 11.4 Å². The Hall–Kier alpha value is -2.21. The molecule has 0 aliphatic carbocycles. The highest BCUT2D eigenvalue weighted by molar-refractivity contribution is 7.81. The maximum atomic E-state index is 10.9. The van der Waals surface area contributed by atoms with Crippen LogP contribution in [-0.4, -0.2) is 10.1 Å². The number of anilines is 1. The number of pyridine rings is 1. The molecule has 0 spiro atoms. The van der Waals surface area contributed by atoms with Gasteiger partial charge in [0.05, 0.1) is 9.21 Å². The van der Waals surface area contributed by atoms with Crippen molar-refractivity contribution in [2.75, 3.05) is 5.32 Å². The first-order valence-corrected chi connectivity index (χ1v) is 9.60. The quantitative estimate of drug-likeness (QED) is 0.257. The average Bonchev–Trinajstić information content (AvgIpc) is 3.06. The second kappa shape index (κ2) is 7.99. The molecule has 1 aromatic carbocycles.